The Morgan fingerprint density at radius 2 is 0.672 bits per heavy atom. The Hall–Kier alpha value is -1.73. The maximum absolute atomic E-state index is 12.5. The molecule has 0 aliphatic carbocycles. The summed E-state index contributed by atoms with van der Waals surface area (Å²) in [6.45, 7) is 3.69. The van der Waals surface area contributed by atoms with Crippen molar-refractivity contribution in [1.82, 2.24) is 0 Å². The van der Waals surface area contributed by atoms with Crippen LogP contribution in [0, 0.1) is 0 Å². The van der Waals surface area contributed by atoms with Gasteiger partial charge in [0.15, 0.2) is 6.10 Å². The summed E-state index contributed by atoms with van der Waals surface area (Å²) in [5.41, 5.74) is 0. The number of hydrogen-bond donors (Lipinski definition) is 2. The van der Waals surface area contributed by atoms with Gasteiger partial charge in [-0.25, -0.2) is 4.57 Å². The molecular weight excluding hydrogens is 820 g/mol. The van der Waals surface area contributed by atoms with Gasteiger partial charge < -0.3 is 19.3 Å². The summed E-state index contributed by atoms with van der Waals surface area (Å²) >= 11 is 0. The number of carbonyl (C=O) groups excluding carboxylic acids is 2. The molecule has 0 aliphatic rings. The van der Waals surface area contributed by atoms with E-state index >= 15 is 0 Å². The Labute approximate surface area is 395 Å². The fourth-order valence-corrected chi connectivity index (χ4v) is 8.41. The molecule has 0 aromatic heterocycles. The van der Waals surface area contributed by atoms with Gasteiger partial charge in [-0.05, 0) is 64.2 Å². The minimum Gasteiger partial charge on any atom is -0.462 e. The number of ether oxygens (including phenoxy) is 2. The lowest BCUT2D eigenvalue weighted by atomic mass is 10.0. The lowest BCUT2D eigenvalue weighted by Gasteiger charge is -2.18. The SMILES string of the molecule is CCCCCCCCCCCCCCCC/C=C/CC/C=C/CCCC(=O)O[C@H](COC(=O)CCC/C=C/CCCCCCCCCCCCCCCCCCCC)COP(=O)(O)O. The maximum atomic E-state index is 12.5. The van der Waals surface area contributed by atoms with Crippen LogP contribution in [-0.2, 0) is 28.2 Å². The Balaban J connectivity index is 3.85. The highest BCUT2D eigenvalue weighted by molar-refractivity contribution is 7.46. The summed E-state index contributed by atoms with van der Waals surface area (Å²) in [7, 11) is -4.78. The van der Waals surface area contributed by atoms with Gasteiger partial charge in [-0.2, -0.15) is 0 Å². The van der Waals surface area contributed by atoms with Gasteiger partial charge in [0.05, 0.1) is 6.61 Å². The molecule has 0 radical (unpaired) electrons. The van der Waals surface area contributed by atoms with Crippen LogP contribution in [0.4, 0.5) is 0 Å². The first kappa shape index (κ1) is 62.3. The molecule has 0 spiro atoms. The van der Waals surface area contributed by atoms with Crippen LogP contribution in [0.1, 0.15) is 284 Å². The third-order valence-electron chi connectivity index (χ3n) is 12.1. The summed E-state index contributed by atoms with van der Waals surface area (Å²) in [5, 5.41) is 0. The Morgan fingerprint density at radius 1 is 0.391 bits per heavy atom. The summed E-state index contributed by atoms with van der Waals surface area (Å²) in [5.74, 6) is -0.959. The fraction of sp³-hybridized carbons (Fsp3) is 0.855. The molecule has 0 rings (SSSR count). The van der Waals surface area contributed by atoms with Crippen LogP contribution in [0.5, 0.6) is 0 Å². The number of rotatable bonds is 51. The van der Waals surface area contributed by atoms with E-state index in [0.717, 1.165) is 38.5 Å². The number of hydrogen-bond acceptors (Lipinski definition) is 6. The predicted octanol–water partition coefficient (Wildman–Crippen LogP) is 17.6. The molecule has 0 aromatic rings. The first-order valence-electron chi connectivity index (χ1n) is 27.3. The smallest absolute Gasteiger partial charge is 0.462 e. The molecule has 9 heteroatoms. The molecule has 0 bridgehead atoms. The van der Waals surface area contributed by atoms with E-state index < -0.39 is 32.5 Å². The van der Waals surface area contributed by atoms with Gasteiger partial charge in [-0.1, -0.05) is 243 Å². The third kappa shape index (κ3) is 52.9. The number of unbranched alkanes of at least 4 members (excludes halogenated alkanes) is 35. The van der Waals surface area contributed by atoms with Crippen molar-refractivity contribution in [2.45, 2.75) is 290 Å². The number of phosphoric acid groups is 1. The minimum absolute atomic E-state index is 0.148. The lowest BCUT2D eigenvalue weighted by molar-refractivity contribution is -0.161. The maximum Gasteiger partial charge on any atom is 0.469 e. The van der Waals surface area contributed by atoms with Crippen LogP contribution in [0.2, 0.25) is 0 Å². The largest absolute Gasteiger partial charge is 0.469 e. The van der Waals surface area contributed by atoms with E-state index in [4.69, 9.17) is 19.3 Å². The topological polar surface area (TPSA) is 119 Å². The molecule has 0 saturated carbocycles. The molecule has 8 nitrogen and oxygen atoms in total. The highest BCUT2D eigenvalue weighted by atomic mass is 31.2. The van der Waals surface area contributed by atoms with Gasteiger partial charge in [0.1, 0.15) is 6.61 Å². The molecule has 0 amide bonds. The van der Waals surface area contributed by atoms with E-state index in [1.165, 1.54) is 205 Å². The highest BCUT2D eigenvalue weighted by Crippen LogP contribution is 2.36. The van der Waals surface area contributed by atoms with Crippen molar-refractivity contribution in [3.63, 3.8) is 0 Å². The van der Waals surface area contributed by atoms with Crippen molar-refractivity contribution in [1.29, 1.82) is 0 Å². The van der Waals surface area contributed by atoms with Crippen LogP contribution in [0.3, 0.4) is 0 Å². The van der Waals surface area contributed by atoms with E-state index in [0.29, 0.717) is 12.8 Å². The van der Waals surface area contributed by atoms with E-state index in [1.54, 1.807) is 0 Å². The average Bonchev–Trinajstić information content (AvgIpc) is 3.27. The van der Waals surface area contributed by atoms with Gasteiger partial charge in [-0.15, -0.1) is 0 Å². The minimum atomic E-state index is -4.78. The fourth-order valence-electron chi connectivity index (χ4n) is 8.05. The van der Waals surface area contributed by atoms with Gasteiger partial charge in [0, 0.05) is 12.8 Å². The quantitative estimate of drug-likeness (QED) is 0.0268. The average molecular weight is 923 g/mol. The number of esters is 2. The van der Waals surface area contributed by atoms with Crippen molar-refractivity contribution in [2.75, 3.05) is 13.2 Å². The Morgan fingerprint density at radius 3 is 1.00 bits per heavy atom. The predicted molar refractivity (Wildman–Crippen MR) is 272 cm³/mol. The van der Waals surface area contributed by atoms with Crippen LogP contribution >= 0.6 is 7.82 Å². The Bertz CT molecular complexity index is 1130. The highest BCUT2D eigenvalue weighted by Gasteiger charge is 2.22. The molecule has 64 heavy (non-hydrogen) atoms. The molecule has 0 aliphatic heterocycles. The molecule has 0 saturated heterocycles. The second kappa shape index (κ2) is 50.7. The zero-order chi connectivity index (χ0) is 46.7. The van der Waals surface area contributed by atoms with Crippen LogP contribution in [-0.4, -0.2) is 41.0 Å². The van der Waals surface area contributed by atoms with E-state index in [9.17, 15) is 14.2 Å². The van der Waals surface area contributed by atoms with Gasteiger partial charge >= 0.3 is 19.8 Å². The molecule has 0 aromatic carbocycles. The van der Waals surface area contributed by atoms with E-state index in [-0.39, 0.29) is 19.4 Å². The van der Waals surface area contributed by atoms with Gasteiger partial charge in [-0.3, -0.25) is 14.1 Å². The van der Waals surface area contributed by atoms with Crippen molar-refractivity contribution in [2.24, 2.45) is 0 Å². The number of carbonyl (C=O) groups is 2. The molecule has 0 fully saturated rings. The monoisotopic (exact) mass is 923 g/mol. The van der Waals surface area contributed by atoms with Crippen molar-refractivity contribution in [3.05, 3.63) is 36.5 Å². The summed E-state index contributed by atoms with van der Waals surface area (Å²) in [4.78, 5) is 43.1. The zero-order valence-electron chi connectivity index (χ0n) is 41.9. The van der Waals surface area contributed by atoms with Crippen molar-refractivity contribution >= 4 is 19.8 Å². The van der Waals surface area contributed by atoms with Crippen LogP contribution in [0.25, 0.3) is 0 Å². The summed E-state index contributed by atoms with van der Waals surface area (Å²) in [6, 6.07) is 0. The lowest BCUT2D eigenvalue weighted by Crippen LogP contribution is -2.29. The first-order chi connectivity index (χ1) is 31.3. The molecule has 376 valence electrons. The molecule has 1 atom stereocenters. The second-order valence-corrected chi connectivity index (χ2v) is 19.8. The standard InChI is InChI=1S/C55H103O8P/c1-3-5-7-9-11-13-15-17-19-21-23-25-27-29-31-33-35-37-39-41-43-45-47-49-54(56)61-51-53(52-62-64(58,59)60)63-55(57)50-48-46-44-42-40-38-36-34-32-30-28-26-24-22-20-18-16-14-12-10-8-6-4-2/h34,36,41-44,53H,3-33,35,37-40,45-52H2,1-2H3,(H2,58,59,60)/b36-34+,43-41+,44-42+/t53-/m1/s1. The molecule has 0 unspecified atom stereocenters. The molecule has 2 N–H and O–H groups in total. The van der Waals surface area contributed by atoms with Crippen molar-refractivity contribution in [3.8, 4) is 0 Å². The van der Waals surface area contributed by atoms with Gasteiger partial charge in [0.2, 0.25) is 0 Å². The first-order valence-corrected chi connectivity index (χ1v) is 28.8. The van der Waals surface area contributed by atoms with Crippen LogP contribution < -0.4 is 0 Å². The van der Waals surface area contributed by atoms with E-state index in [2.05, 4.69) is 54.8 Å². The normalized spacial score (nSPS) is 12.6. The van der Waals surface area contributed by atoms with Crippen molar-refractivity contribution < 1.29 is 37.9 Å². The third-order valence-corrected chi connectivity index (χ3v) is 12.6. The molecule has 0 heterocycles. The molecular formula is C55H103O8P. The van der Waals surface area contributed by atoms with Crippen LogP contribution in [0.15, 0.2) is 36.5 Å². The Kier molecular flexibility index (Phi) is 49.3. The zero-order valence-corrected chi connectivity index (χ0v) is 42.8. The summed E-state index contributed by atoms with van der Waals surface area (Å²) in [6.07, 6.45) is 63.4. The van der Waals surface area contributed by atoms with Gasteiger partial charge in [0.25, 0.3) is 0 Å². The van der Waals surface area contributed by atoms with E-state index in [1.807, 2.05) is 0 Å². The summed E-state index contributed by atoms with van der Waals surface area (Å²) < 4.78 is 26.5. The second-order valence-electron chi connectivity index (χ2n) is 18.5. The number of allylic oxidation sites excluding steroid dienone is 6. The number of phosphoric ester groups is 1.